The van der Waals surface area contributed by atoms with Crippen LogP contribution in [0, 0.1) is 0 Å². The number of likely N-dealkylation sites (tertiary alicyclic amines) is 1. The van der Waals surface area contributed by atoms with Crippen LogP contribution >= 0.6 is 0 Å². The van der Waals surface area contributed by atoms with Gasteiger partial charge in [-0.3, -0.25) is 0 Å². The van der Waals surface area contributed by atoms with Crippen LogP contribution in [0.4, 0.5) is 5.69 Å². The van der Waals surface area contributed by atoms with E-state index in [4.69, 9.17) is 0 Å². The summed E-state index contributed by atoms with van der Waals surface area (Å²) in [5, 5.41) is 3.74. The van der Waals surface area contributed by atoms with Gasteiger partial charge in [0, 0.05) is 18.7 Å². The van der Waals surface area contributed by atoms with E-state index in [0.717, 1.165) is 12.6 Å². The summed E-state index contributed by atoms with van der Waals surface area (Å²) in [5.74, 6) is 0.652. The van der Waals surface area contributed by atoms with Crippen molar-refractivity contribution >= 4 is 5.69 Å². The molecule has 0 aromatic heterocycles. The van der Waals surface area contributed by atoms with Crippen molar-refractivity contribution in [3.63, 3.8) is 0 Å². The van der Waals surface area contributed by atoms with Gasteiger partial charge in [0.15, 0.2) is 0 Å². The van der Waals surface area contributed by atoms with E-state index in [9.17, 15) is 0 Å². The Bertz CT molecular complexity index is 758. The van der Waals surface area contributed by atoms with E-state index in [1.165, 1.54) is 97.9 Å². The minimum Gasteiger partial charge on any atom is -0.385 e. The average Bonchev–Trinajstić information content (AvgIpc) is 3.20. The molecule has 0 saturated carbocycles. The third kappa shape index (κ3) is 4.75. The standard InChI is InChI=1S/C28H41N2/c1-3-18-30(19-4-2)20-8-7-11-28(30)16-17-29-27-14-12-23(13-15-27)26-21-24-9-5-6-10-25(24)22-26/h5-6,9-10,12-15,26,28-29H,3-4,7-8,11,16-22H2,1-2H3/q+1. The van der Waals surface area contributed by atoms with Gasteiger partial charge in [0.1, 0.15) is 0 Å². The van der Waals surface area contributed by atoms with Crippen molar-refractivity contribution < 1.29 is 4.48 Å². The molecule has 1 atom stereocenters. The molecule has 1 unspecified atom stereocenters. The summed E-state index contributed by atoms with van der Waals surface area (Å²) in [5.41, 5.74) is 5.86. The maximum atomic E-state index is 3.74. The summed E-state index contributed by atoms with van der Waals surface area (Å²) in [6.45, 7) is 9.99. The minimum absolute atomic E-state index is 0.652. The lowest BCUT2D eigenvalue weighted by Gasteiger charge is -2.48. The fraction of sp³-hybridized carbons (Fsp3) is 0.571. The fourth-order valence-corrected chi connectivity index (χ4v) is 6.32. The second-order valence-electron chi connectivity index (χ2n) is 9.75. The van der Waals surface area contributed by atoms with Crippen LogP contribution in [0.2, 0.25) is 0 Å². The smallest absolute Gasteiger partial charge is 0.0907 e. The molecular formula is C28H41N2+. The molecular weight excluding hydrogens is 364 g/mol. The summed E-state index contributed by atoms with van der Waals surface area (Å²) in [4.78, 5) is 0. The van der Waals surface area contributed by atoms with Crippen molar-refractivity contribution in [2.24, 2.45) is 0 Å². The number of nitrogens with one attached hydrogen (secondary N) is 1. The summed E-state index contributed by atoms with van der Waals surface area (Å²) in [7, 11) is 0. The van der Waals surface area contributed by atoms with Crippen molar-refractivity contribution in [1.29, 1.82) is 0 Å². The highest BCUT2D eigenvalue weighted by Gasteiger charge is 2.37. The zero-order valence-electron chi connectivity index (χ0n) is 19.2. The number of piperidine rings is 1. The maximum Gasteiger partial charge on any atom is 0.0907 e. The molecule has 1 fully saturated rings. The number of fused-ring (bicyclic) bond motifs is 1. The van der Waals surface area contributed by atoms with Crippen LogP contribution in [-0.2, 0) is 12.8 Å². The molecule has 162 valence electrons. The normalized spacial score (nSPS) is 20.8. The molecule has 1 N–H and O–H groups in total. The van der Waals surface area contributed by atoms with E-state index in [1.54, 1.807) is 0 Å². The van der Waals surface area contributed by atoms with Crippen LogP contribution in [0.25, 0.3) is 0 Å². The molecule has 0 spiro atoms. The molecule has 0 bridgehead atoms. The zero-order chi connectivity index (χ0) is 20.8. The van der Waals surface area contributed by atoms with Gasteiger partial charge in [0.05, 0.1) is 25.7 Å². The van der Waals surface area contributed by atoms with Crippen LogP contribution < -0.4 is 5.32 Å². The van der Waals surface area contributed by atoms with Crippen molar-refractivity contribution in [3.05, 3.63) is 65.2 Å². The van der Waals surface area contributed by atoms with E-state index in [1.807, 2.05) is 0 Å². The largest absolute Gasteiger partial charge is 0.385 e. The number of quaternary nitrogens is 1. The SMILES string of the molecule is CCC[N+]1(CCC)CCCCC1CCNc1ccc(C2Cc3ccccc3C2)cc1. The van der Waals surface area contributed by atoms with Gasteiger partial charge >= 0.3 is 0 Å². The molecule has 30 heavy (non-hydrogen) atoms. The fourth-order valence-electron chi connectivity index (χ4n) is 6.32. The molecule has 1 aliphatic carbocycles. The molecule has 1 heterocycles. The van der Waals surface area contributed by atoms with E-state index in [-0.39, 0.29) is 0 Å². The molecule has 2 nitrogen and oxygen atoms in total. The Morgan fingerprint density at radius 3 is 2.17 bits per heavy atom. The molecule has 2 heteroatoms. The Morgan fingerprint density at radius 2 is 1.53 bits per heavy atom. The molecule has 2 aromatic carbocycles. The minimum atomic E-state index is 0.652. The van der Waals surface area contributed by atoms with Crippen LogP contribution in [0.5, 0.6) is 0 Å². The van der Waals surface area contributed by atoms with E-state index >= 15 is 0 Å². The molecule has 2 aliphatic rings. The van der Waals surface area contributed by atoms with Gasteiger partial charge < -0.3 is 9.80 Å². The van der Waals surface area contributed by atoms with Gasteiger partial charge in [-0.2, -0.15) is 0 Å². The van der Waals surface area contributed by atoms with Crippen LogP contribution in [0.3, 0.4) is 0 Å². The van der Waals surface area contributed by atoms with Gasteiger partial charge in [0.2, 0.25) is 0 Å². The molecule has 1 saturated heterocycles. The Hall–Kier alpha value is -1.80. The zero-order valence-corrected chi connectivity index (χ0v) is 19.2. The number of benzene rings is 2. The van der Waals surface area contributed by atoms with Crippen molar-refractivity contribution in [2.75, 3.05) is 31.5 Å². The Labute approximate surface area is 184 Å². The third-order valence-electron chi connectivity index (χ3n) is 7.74. The van der Waals surface area contributed by atoms with E-state index < -0.39 is 0 Å². The van der Waals surface area contributed by atoms with Crippen molar-refractivity contribution in [3.8, 4) is 0 Å². The first kappa shape index (κ1) is 21.4. The first-order chi connectivity index (χ1) is 14.7. The highest BCUT2D eigenvalue weighted by atomic mass is 15.4. The maximum absolute atomic E-state index is 3.74. The topological polar surface area (TPSA) is 12.0 Å². The predicted octanol–water partition coefficient (Wildman–Crippen LogP) is 6.56. The predicted molar refractivity (Wildman–Crippen MR) is 129 cm³/mol. The first-order valence-corrected chi connectivity index (χ1v) is 12.5. The number of nitrogens with zero attached hydrogens (tertiary/aromatic N) is 1. The van der Waals surface area contributed by atoms with Crippen molar-refractivity contribution in [2.45, 2.75) is 77.2 Å². The highest BCUT2D eigenvalue weighted by Crippen LogP contribution is 2.34. The van der Waals surface area contributed by atoms with Gasteiger partial charge in [-0.15, -0.1) is 0 Å². The summed E-state index contributed by atoms with van der Waals surface area (Å²) < 4.78 is 1.38. The lowest BCUT2D eigenvalue weighted by Crippen LogP contribution is -2.59. The van der Waals surface area contributed by atoms with E-state index in [0.29, 0.717) is 5.92 Å². The molecule has 1 aliphatic heterocycles. The number of hydrogen-bond acceptors (Lipinski definition) is 1. The number of hydrogen-bond donors (Lipinski definition) is 1. The first-order valence-electron chi connectivity index (χ1n) is 12.5. The Balaban J connectivity index is 1.31. The number of anilines is 1. The van der Waals surface area contributed by atoms with Crippen LogP contribution in [0.15, 0.2) is 48.5 Å². The molecule has 4 rings (SSSR count). The Morgan fingerprint density at radius 1 is 0.867 bits per heavy atom. The third-order valence-corrected chi connectivity index (χ3v) is 7.74. The lowest BCUT2D eigenvalue weighted by atomic mass is 9.94. The highest BCUT2D eigenvalue weighted by molar-refractivity contribution is 5.46. The second-order valence-corrected chi connectivity index (χ2v) is 9.75. The van der Waals surface area contributed by atoms with E-state index in [2.05, 4.69) is 67.7 Å². The average molecular weight is 406 g/mol. The second kappa shape index (κ2) is 10.0. The van der Waals surface area contributed by atoms with Crippen LogP contribution in [-0.4, -0.2) is 36.7 Å². The Kier molecular flexibility index (Phi) is 7.15. The summed E-state index contributed by atoms with van der Waals surface area (Å²) >= 11 is 0. The summed E-state index contributed by atoms with van der Waals surface area (Å²) in [6.07, 6.45) is 10.6. The quantitative estimate of drug-likeness (QED) is 0.466. The van der Waals surface area contributed by atoms with Gasteiger partial charge in [0.25, 0.3) is 0 Å². The molecule has 2 aromatic rings. The van der Waals surface area contributed by atoms with Crippen LogP contribution in [0.1, 0.15) is 75.0 Å². The van der Waals surface area contributed by atoms with Gasteiger partial charge in [-0.25, -0.2) is 0 Å². The van der Waals surface area contributed by atoms with Crippen molar-refractivity contribution in [1.82, 2.24) is 0 Å². The monoisotopic (exact) mass is 405 g/mol. The number of rotatable bonds is 9. The molecule has 0 amide bonds. The molecule has 0 radical (unpaired) electrons. The summed E-state index contributed by atoms with van der Waals surface area (Å²) in [6, 6.07) is 19.1. The lowest BCUT2D eigenvalue weighted by molar-refractivity contribution is -0.956. The van der Waals surface area contributed by atoms with Gasteiger partial charge in [-0.05, 0) is 79.7 Å². The van der Waals surface area contributed by atoms with Gasteiger partial charge in [-0.1, -0.05) is 50.2 Å².